The van der Waals surface area contributed by atoms with Crippen LogP contribution >= 0.6 is 11.6 Å². The third-order valence-corrected chi connectivity index (χ3v) is 4.25. The number of nitrogens with zero attached hydrogens (tertiary/aromatic N) is 4. The molecule has 0 aliphatic carbocycles. The molecule has 0 unspecified atom stereocenters. The maximum Gasteiger partial charge on any atom is 0.410 e. The number of ether oxygens (including phenoxy) is 1. The van der Waals surface area contributed by atoms with Crippen LogP contribution in [0.4, 0.5) is 10.6 Å². The number of hydrogen-bond acceptors (Lipinski definition) is 5. The van der Waals surface area contributed by atoms with Gasteiger partial charge in [0.05, 0.1) is 12.2 Å². The summed E-state index contributed by atoms with van der Waals surface area (Å²) in [5.41, 5.74) is 0. The van der Waals surface area contributed by atoms with Crippen LogP contribution < -0.4 is 4.90 Å². The zero-order valence-electron chi connectivity index (χ0n) is 11.2. The second-order valence-corrected chi connectivity index (χ2v) is 5.71. The molecule has 21 heavy (non-hydrogen) atoms. The summed E-state index contributed by atoms with van der Waals surface area (Å²) in [4.78, 5) is 15.5. The van der Waals surface area contributed by atoms with E-state index in [9.17, 15) is 4.79 Å². The fourth-order valence-electron chi connectivity index (χ4n) is 2.96. The van der Waals surface area contributed by atoms with Crippen LogP contribution in [0.1, 0.15) is 0 Å². The number of piperazine rings is 1. The first-order valence-corrected chi connectivity index (χ1v) is 7.19. The molecule has 0 N–H and O–H groups in total. The largest absolute Gasteiger partial charge is 0.447 e. The fourth-order valence-corrected chi connectivity index (χ4v) is 3.14. The van der Waals surface area contributed by atoms with E-state index in [2.05, 4.69) is 15.1 Å². The van der Waals surface area contributed by atoms with Crippen molar-refractivity contribution in [2.24, 2.45) is 0 Å². The van der Waals surface area contributed by atoms with Crippen molar-refractivity contribution in [1.29, 1.82) is 0 Å². The highest BCUT2D eigenvalue weighted by Gasteiger charge is 2.38. The molecular weight excluding hydrogens is 292 g/mol. The summed E-state index contributed by atoms with van der Waals surface area (Å²) >= 11 is 6.02. The van der Waals surface area contributed by atoms with Crippen molar-refractivity contribution in [3.8, 4) is 0 Å². The number of rotatable bonds is 1. The van der Waals surface area contributed by atoms with Crippen LogP contribution in [-0.4, -0.2) is 53.5 Å². The minimum absolute atomic E-state index is 0.0932. The monoisotopic (exact) mass is 304 g/mol. The Kier molecular flexibility index (Phi) is 2.85. The number of hydrogen-bond donors (Lipinski definition) is 0. The highest BCUT2D eigenvalue weighted by Crippen LogP contribution is 2.28. The van der Waals surface area contributed by atoms with Crippen LogP contribution in [0.5, 0.6) is 0 Å². The van der Waals surface area contributed by atoms with Gasteiger partial charge in [0.2, 0.25) is 0 Å². The Hall–Kier alpha value is -2.08. The highest BCUT2D eigenvalue weighted by atomic mass is 35.5. The number of carbonyl (C=O) groups excluding carboxylic acids is 1. The number of fused-ring (bicyclic) bond motifs is 2. The van der Waals surface area contributed by atoms with Crippen molar-refractivity contribution in [1.82, 2.24) is 15.1 Å². The van der Waals surface area contributed by atoms with Crippen LogP contribution in [-0.2, 0) is 4.74 Å². The Morgan fingerprint density at radius 1 is 1.33 bits per heavy atom. The fraction of sp³-hybridized carbons (Fsp3) is 0.357. The molecular formula is C14H13ClN4O2. The molecule has 1 atom stereocenters. The van der Waals surface area contributed by atoms with Gasteiger partial charge in [-0.25, -0.2) is 4.79 Å². The molecule has 0 saturated carbocycles. The smallest absolute Gasteiger partial charge is 0.410 e. The number of anilines is 1. The number of aromatic nitrogens is 2. The summed E-state index contributed by atoms with van der Waals surface area (Å²) in [6.07, 6.45) is 1.50. The summed E-state index contributed by atoms with van der Waals surface area (Å²) in [6, 6.07) is 5.79. The van der Waals surface area contributed by atoms with Gasteiger partial charge in [0.1, 0.15) is 6.61 Å². The molecule has 0 radical (unpaired) electrons. The Morgan fingerprint density at radius 2 is 2.24 bits per heavy atom. The molecule has 7 heteroatoms. The molecule has 0 bridgehead atoms. The van der Waals surface area contributed by atoms with Crippen molar-refractivity contribution in [3.63, 3.8) is 0 Å². The molecule has 2 fully saturated rings. The van der Waals surface area contributed by atoms with Gasteiger partial charge < -0.3 is 9.64 Å². The van der Waals surface area contributed by atoms with Gasteiger partial charge in [0.15, 0.2) is 5.82 Å². The van der Waals surface area contributed by atoms with Crippen LogP contribution in [0.3, 0.4) is 0 Å². The summed E-state index contributed by atoms with van der Waals surface area (Å²) in [5.74, 6) is 0.836. The van der Waals surface area contributed by atoms with Crippen molar-refractivity contribution >= 4 is 34.3 Å². The third-order valence-electron chi connectivity index (χ3n) is 4.02. The Balaban J connectivity index is 1.69. The number of cyclic esters (lactones) is 1. The zero-order chi connectivity index (χ0) is 14.4. The van der Waals surface area contributed by atoms with Gasteiger partial charge in [-0.3, -0.25) is 4.90 Å². The van der Waals surface area contributed by atoms with Gasteiger partial charge in [-0.15, -0.1) is 5.10 Å². The molecule has 4 rings (SSSR count). The Morgan fingerprint density at radius 3 is 3.14 bits per heavy atom. The van der Waals surface area contributed by atoms with E-state index in [4.69, 9.17) is 16.3 Å². The Bertz CT molecular complexity index is 723. The van der Waals surface area contributed by atoms with Crippen LogP contribution in [0.15, 0.2) is 24.4 Å². The van der Waals surface area contributed by atoms with E-state index >= 15 is 0 Å². The van der Waals surface area contributed by atoms with E-state index in [0.717, 1.165) is 23.1 Å². The molecule has 108 valence electrons. The van der Waals surface area contributed by atoms with Gasteiger partial charge >= 0.3 is 6.09 Å². The second kappa shape index (κ2) is 4.73. The molecule has 2 saturated heterocycles. The average Bonchev–Trinajstić information content (AvgIpc) is 2.87. The van der Waals surface area contributed by atoms with Gasteiger partial charge in [0, 0.05) is 35.4 Å². The summed E-state index contributed by atoms with van der Waals surface area (Å²) in [6.45, 7) is 2.53. The van der Waals surface area contributed by atoms with E-state index in [1.54, 1.807) is 11.1 Å². The standard InChI is InChI=1S/C14H13ClN4O2/c15-10-1-2-12-9(5-10)6-16-17-13(12)18-3-4-19-11(7-18)8-21-14(19)20/h1-2,5-6,11H,3-4,7-8H2/t11-/m0/s1. The summed E-state index contributed by atoms with van der Waals surface area (Å²) in [5, 5.41) is 11.0. The lowest BCUT2D eigenvalue weighted by Gasteiger charge is -2.36. The number of carbonyl (C=O) groups is 1. The molecule has 0 spiro atoms. The first-order valence-electron chi connectivity index (χ1n) is 6.82. The maximum atomic E-state index is 11.5. The van der Waals surface area contributed by atoms with Gasteiger partial charge in [-0.05, 0) is 18.2 Å². The molecule has 1 aromatic carbocycles. The SMILES string of the molecule is O=C1OC[C@@H]2CN(c3nncc4cc(Cl)ccc34)CCN12. The predicted octanol–water partition coefficient (Wildman–Crippen LogP) is 1.92. The molecule has 1 aromatic heterocycles. The maximum absolute atomic E-state index is 11.5. The molecule has 2 aliphatic rings. The van der Waals surface area contributed by atoms with Crippen LogP contribution in [0.25, 0.3) is 10.8 Å². The minimum atomic E-state index is -0.213. The van der Waals surface area contributed by atoms with E-state index in [0.29, 0.717) is 24.7 Å². The van der Waals surface area contributed by atoms with Crippen molar-refractivity contribution < 1.29 is 9.53 Å². The third kappa shape index (κ3) is 2.06. The average molecular weight is 305 g/mol. The van der Waals surface area contributed by atoms with Crippen LogP contribution in [0.2, 0.25) is 5.02 Å². The Labute approximate surface area is 126 Å². The van der Waals surface area contributed by atoms with E-state index in [1.165, 1.54) is 0 Å². The van der Waals surface area contributed by atoms with Gasteiger partial charge in [-0.2, -0.15) is 5.10 Å². The minimum Gasteiger partial charge on any atom is -0.447 e. The van der Waals surface area contributed by atoms with E-state index < -0.39 is 0 Å². The lowest BCUT2D eigenvalue weighted by atomic mass is 10.1. The number of halogens is 1. The first kappa shape index (κ1) is 12.6. The van der Waals surface area contributed by atoms with E-state index in [-0.39, 0.29) is 12.1 Å². The number of benzene rings is 1. The number of amides is 1. The van der Waals surface area contributed by atoms with Crippen LogP contribution in [0, 0.1) is 0 Å². The van der Waals surface area contributed by atoms with Crippen molar-refractivity contribution in [2.75, 3.05) is 31.1 Å². The van der Waals surface area contributed by atoms with Crippen molar-refractivity contribution in [2.45, 2.75) is 6.04 Å². The predicted molar refractivity (Wildman–Crippen MR) is 78.6 cm³/mol. The topological polar surface area (TPSA) is 58.6 Å². The normalized spacial score (nSPS) is 21.6. The summed E-state index contributed by atoms with van der Waals surface area (Å²) in [7, 11) is 0. The van der Waals surface area contributed by atoms with E-state index in [1.807, 2.05) is 18.2 Å². The van der Waals surface area contributed by atoms with Crippen molar-refractivity contribution in [3.05, 3.63) is 29.4 Å². The molecule has 2 aromatic rings. The zero-order valence-corrected chi connectivity index (χ0v) is 12.0. The lowest BCUT2D eigenvalue weighted by molar-refractivity contribution is 0.157. The molecule has 3 heterocycles. The second-order valence-electron chi connectivity index (χ2n) is 5.27. The summed E-state index contributed by atoms with van der Waals surface area (Å²) < 4.78 is 5.09. The molecule has 6 nitrogen and oxygen atoms in total. The first-order chi connectivity index (χ1) is 10.2. The molecule has 2 aliphatic heterocycles. The highest BCUT2D eigenvalue weighted by molar-refractivity contribution is 6.31. The van der Waals surface area contributed by atoms with Gasteiger partial charge in [-0.1, -0.05) is 11.6 Å². The molecule has 1 amide bonds. The quantitative estimate of drug-likeness (QED) is 0.805. The lowest BCUT2D eigenvalue weighted by Crippen LogP contribution is -2.52. The van der Waals surface area contributed by atoms with Gasteiger partial charge in [0.25, 0.3) is 0 Å².